The Bertz CT molecular complexity index is 617. The first-order valence-corrected chi connectivity index (χ1v) is 9.64. The molecule has 0 bridgehead atoms. The predicted octanol–water partition coefficient (Wildman–Crippen LogP) is 2.58. The molecule has 21 heavy (non-hydrogen) atoms. The van der Waals surface area contributed by atoms with Crippen LogP contribution < -0.4 is 5.32 Å². The van der Waals surface area contributed by atoms with Gasteiger partial charge in [-0.3, -0.25) is 0 Å². The van der Waals surface area contributed by atoms with E-state index in [1.165, 1.54) is 0 Å². The standard InChI is InChI=1S/C14H21ClN2O2S2/c1-14(2)10-17(6-7-20-14)21(18,19)12-4-5-13(15)11(8-12)9-16-3/h4-5,8,16H,6-7,9-10H2,1-3H3. The highest BCUT2D eigenvalue weighted by Gasteiger charge is 2.34. The van der Waals surface area contributed by atoms with Gasteiger partial charge in [0.05, 0.1) is 4.90 Å². The van der Waals surface area contributed by atoms with E-state index in [0.717, 1.165) is 11.3 Å². The van der Waals surface area contributed by atoms with Crippen LogP contribution in [0.15, 0.2) is 23.1 Å². The van der Waals surface area contributed by atoms with Crippen molar-refractivity contribution in [2.24, 2.45) is 0 Å². The smallest absolute Gasteiger partial charge is 0.243 e. The van der Waals surface area contributed by atoms with Gasteiger partial charge in [-0.2, -0.15) is 16.1 Å². The van der Waals surface area contributed by atoms with Crippen LogP contribution in [-0.4, -0.2) is 43.4 Å². The highest BCUT2D eigenvalue weighted by atomic mass is 35.5. The Balaban J connectivity index is 2.33. The maximum atomic E-state index is 12.8. The Hall–Kier alpha value is -0.270. The summed E-state index contributed by atoms with van der Waals surface area (Å²) < 4.78 is 27.1. The Morgan fingerprint density at radius 3 is 2.76 bits per heavy atom. The summed E-state index contributed by atoms with van der Waals surface area (Å²) in [7, 11) is -1.65. The number of rotatable bonds is 4. The normalized spacial score (nSPS) is 19.6. The molecule has 0 saturated carbocycles. The molecule has 1 heterocycles. The molecule has 1 fully saturated rings. The van der Waals surface area contributed by atoms with Crippen molar-refractivity contribution in [3.05, 3.63) is 28.8 Å². The number of thioether (sulfide) groups is 1. The van der Waals surface area contributed by atoms with Crippen LogP contribution in [0.5, 0.6) is 0 Å². The lowest BCUT2D eigenvalue weighted by Gasteiger charge is -2.36. The second-order valence-corrected chi connectivity index (χ2v) is 9.88. The summed E-state index contributed by atoms with van der Waals surface area (Å²) in [4.78, 5) is 0.319. The first kappa shape index (κ1) is 17.1. The molecular weight excluding hydrogens is 328 g/mol. The quantitative estimate of drug-likeness (QED) is 0.908. The van der Waals surface area contributed by atoms with Gasteiger partial charge in [-0.25, -0.2) is 8.42 Å². The topological polar surface area (TPSA) is 49.4 Å². The number of nitrogens with zero attached hydrogens (tertiary/aromatic N) is 1. The fourth-order valence-electron chi connectivity index (χ4n) is 2.36. The van der Waals surface area contributed by atoms with Crippen molar-refractivity contribution >= 4 is 33.4 Å². The van der Waals surface area contributed by atoms with E-state index in [1.807, 2.05) is 18.8 Å². The maximum Gasteiger partial charge on any atom is 0.243 e. The third-order valence-corrected chi connectivity index (χ3v) is 6.92. The van der Waals surface area contributed by atoms with Crippen molar-refractivity contribution in [3.63, 3.8) is 0 Å². The lowest BCUT2D eigenvalue weighted by atomic mass is 10.2. The van der Waals surface area contributed by atoms with Gasteiger partial charge in [0, 0.05) is 35.2 Å². The van der Waals surface area contributed by atoms with Gasteiger partial charge in [0.15, 0.2) is 0 Å². The van der Waals surface area contributed by atoms with Gasteiger partial charge >= 0.3 is 0 Å². The fourth-order valence-corrected chi connectivity index (χ4v) is 5.51. The molecule has 0 unspecified atom stereocenters. The summed E-state index contributed by atoms with van der Waals surface area (Å²) in [6, 6.07) is 4.92. The molecule has 0 aliphatic carbocycles. The van der Waals surface area contributed by atoms with Crippen molar-refractivity contribution in [2.45, 2.75) is 30.0 Å². The van der Waals surface area contributed by atoms with Gasteiger partial charge in [0.25, 0.3) is 0 Å². The van der Waals surface area contributed by atoms with E-state index in [0.29, 0.717) is 29.6 Å². The second-order valence-electron chi connectivity index (χ2n) is 5.73. The maximum absolute atomic E-state index is 12.8. The van der Waals surface area contributed by atoms with E-state index < -0.39 is 10.0 Å². The number of benzene rings is 1. The van der Waals surface area contributed by atoms with Crippen LogP contribution in [0, 0.1) is 0 Å². The van der Waals surface area contributed by atoms with Crippen LogP contribution in [0.1, 0.15) is 19.4 Å². The van der Waals surface area contributed by atoms with Crippen molar-refractivity contribution in [1.29, 1.82) is 0 Å². The average molecular weight is 349 g/mol. The summed E-state index contributed by atoms with van der Waals surface area (Å²) >= 11 is 7.92. The number of hydrogen-bond donors (Lipinski definition) is 1. The number of nitrogens with one attached hydrogen (secondary N) is 1. The van der Waals surface area contributed by atoms with Gasteiger partial charge in [-0.05, 0) is 44.7 Å². The molecule has 0 amide bonds. The fraction of sp³-hybridized carbons (Fsp3) is 0.571. The van der Waals surface area contributed by atoms with E-state index in [-0.39, 0.29) is 4.75 Å². The molecule has 1 aromatic rings. The van der Waals surface area contributed by atoms with Crippen LogP contribution in [0.3, 0.4) is 0 Å². The Labute approximate surface area is 136 Å². The monoisotopic (exact) mass is 348 g/mol. The van der Waals surface area contributed by atoms with Gasteiger partial charge in [0.1, 0.15) is 0 Å². The molecule has 0 spiro atoms. The van der Waals surface area contributed by atoms with Crippen molar-refractivity contribution in [2.75, 3.05) is 25.9 Å². The molecule has 1 aromatic carbocycles. The first-order chi connectivity index (χ1) is 9.76. The number of sulfonamides is 1. The SMILES string of the molecule is CNCc1cc(S(=O)(=O)N2CCSC(C)(C)C2)ccc1Cl. The van der Waals surface area contributed by atoms with Crippen molar-refractivity contribution < 1.29 is 8.42 Å². The second kappa shape index (κ2) is 6.46. The van der Waals surface area contributed by atoms with Gasteiger partial charge < -0.3 is 5.32 Å². The molecule has 1 N–H and O–H groups in total. The van der Waals surface area contributed by atoms with Gasteiger partial charge in [-0.15, -0.1) is 0 Å². The molecule has 118 valence electrons. The van der Waals surface area contributed by atoms with Crippen LogP contribution in [-0.2, 0) is 16.6 Å². The van der Waals surface area contributed by atoms with Crippen LogP contribution in [0.4, 0.5) is 0 Å². The Morgan fingerprint density at radius 1 is 1.43 bits per heavy atom. The van der Waals surface area contributed by atoms with Gasteiger partial charge in [0.2, 0.25) is 10.0 Å². The number of halogens is 1. The zero-order chi connectivity index (χ0) is 15.7. The van der Waals surface area contributed by atoms with E-state index in [2.05, 4.69) is 19.2 Å². The highest BCUT2D eigenvalue weighted by molar-refractivity contribution is 8.00. The van der Waals surface area contributed by atoms with E-state index in [9.17, 15) is 8.42 Å². The molecule has 1 saturated heterocycles. The molecule has 1 aliphatic heterocycles. The molecule has 0 radical (unpaired) electrons. The number of hydrogen-bond acceptors (Lipinski definition) is 4. The minimum Gasteiger partial charge on any atom is -0.316 e. The molecule has 4 nitrogen and oxygen atoms in total. The molecule has 7 heteroatoms. The Morgan fingerprint density at radius 2 is 2.14 bits per heavy atom. The summed E-state index contributed by atoms with van der Waals surface area (Å²) in [5, 5.41) is 3.58. The molecule has 0 aromatic heterocycles. The highest BCUT2D eigenvalue weighted by Crippen LogP contribution is 2.33. The first-order valence-electron chi connectivity index (χ1n) is 6.83. The van der Waals surface area contributed by atoms with E-state index in [4.69, 9.17) is 11.6 Å². The van der Waals surface area contributed by atoms with Crippen molar-refractivity contribution in [3.8, 4) is 0 Å². The summed E-state index contributed by atoms with van der Waals surface area (Å²) in [6.45, 7) is 5.79. The molecule has 2 rings (SSSR count). The summed E-state index contributed by atoms with van der Waals surface area (Å²) in [5.74, 6) is 0.823. The van der Waals surface area contributed by atoms with Gasteiger partial charge in [-0.1, -0.05) is 11.6 Å². The zero-order valence-electron chi connectivity index (χ0n) is 12.5. The van der Waals surface area contributed by atoms with Crippen LogP contribution in [0.2, 0.25) is 5.02 Å². The minimum absolute atomic E-state index is 0.0501. The third kappa shape index (κ3) is 3.93. The minimum atomic E-state index is -3.46. The summed E-state index contributed by atoms with van der Waals surface area (Å²) in [5.41, 5.74) is 0.797. The third-order valence-electron chi connectivity index (χ3n) is 3.41. The van der Waals surface area contributed by atoms with Crippen molar-refractivity contribution in [1.82, 2.24) is 9.62 Å². The van der Waals surface area contributed by atoms with Crippen LogP contribution >= 0.6 is 23.4 Å². The van der Waals surface area contributed by atoms with Crippen LogP contribution in [0.25, 0.3) is 0 Å². The summed E-state index contributed by atoms with van der Waals surface area (Å²) in [6.07, 6.45) is 0. The lowest BCUT2D eigenvalue weighted by Crippen LogP contribution is -2.46. The van der Waals surface area contributed by atoms with E-state index in [1.54, 1.807) is 22.5 Å². The zero-order valence-corrected chi connectivity index (χ0v) is 14.9. The molecular formula is C14H21ClN2O2S2. The largest absolute Gasteiger partial charge is 0.316 e. The average Bonchev–Trinajstić information content (AvgIpc) is 2.40. The van der Waals surface area contributed by atoms with E-state index >= 15 is 0 Å². The Kier molecular flexibility index (Phi) is 5.26. The molecule has 1 aliphatic rings. The molecule has 0 atom stereocenters. The predicted molar refractivity (Wildman–Crippen MR) is 89.5 cm³/mol. The lowest BCUT2D eigenvalue weighted by molar-refractivity contribution is 0.387.